The van der Waals surface area contributed by atoms with E-state index in [1.54, 1.807) is 12.1 Å². The first-order chi connectivity index (χ1) is 15.1. The molecule has 0 radical (unpaired) electrons. The Labute approximate surface area is 181 Å². The average molecular weight is 467 g/mol. The highest BCUT2D eigenvalue weighted by atomic mass is 32.2. The molecule has 4 rings (SSSR count). The number of methoxy groups -OCH3 is 1. The maximum atomic E-state index is 14.0. The zero-order valence-corrected chi connectivity index (χ0v) is 17.5. The Morgan fingerprint density at radius 1 is 1.00 bits per heavy atom. The molecule has 10 heteroatoms. The van der Waals surface area contributed by atoms with Gasteiger partial charge >= 0.3 is 6.18 Å². The Hall–Kier alpha value is -3.27. The van der Waals surface area contributed by atoms with Gasteiger partial charge in [0.25, 0.3) is 10.0 Å². The predicted octanol–water partition coefficient (Wildman–Crippen LogP) is 5.11. The largest absolute Gasteiger partial charge is 0.497 e. The molecule has 0 aliphatic carbocycles. The molecule has 1 heterocycles. The smallest absolute Gasteiger partial charge is 0.416 e. The van der Waals surface area contributed by atoms with Crippen molar-refractivity contribution in [1.82, 2.24) is 0 Å². The van der Waals surface area contributed by atoms with Crippen LogP contribution < -0.4 is 13.8 Å². The van der Waals surface area contributed by atoms with Gasteiger partial charge in [0.1, 0.15) is 23.9 Å². The van der Waals surface area contributed by atoms with E-state index in [0.717, 1.165) is 22.5 Å². The highest BCUT2D eigenvalue weighted by molar-refractivity contribution is 7.92. The summed E-state index contributed by atoms with van der Waals surface area (Å²) in [5, 5.41) is 0. The first kappa shape index (κ1) is 21.9. The third-order valence-electron chi connectivity index (χ3n) is 4.97. The van der Waals surface area contributed by atoms with Crippen LogP contribution in [0.5, 0.6) is 11.5 Å². The highest BCUT2D eigenvalue weighted by Gasteiger charge is 2.34. The molecule has 0 fully saturated rings. The van der Waals surface area contributed by atoms with Crippen molar-refractivity contribution in [3.05, 3.63) is 72.0 Å². The van der Waals surface area contributed by atoms with E-state index in [4.69, 9.17) is 9.47 Å². The number of sulfonamides is 1. The molecule has 0 unspecified atom stereocenters. The summed E-state index contributed by atoms with van der Waals surface area (Å²) >= 11 is 0. The summed E-state index contributed by atoms with van der Waals surface area (Å²) in [5.41, 5.74) is 0.00462. The van der Waals surface area contributed by atoms with E-state index in [1.165, 1.54) is 31.4 Å². The second-order valence-corrected chi connectivity index (χ2v) is 8.88. The van der Waals surface area contributed by atoms with Crippen LogP contribution in [-0.2, 0) is 16.2 Å². The maximum Gasteiger partial charge on any atom is 0.416 e. The van der Waals surface area contributed by atoms with Gasteiger partial charge in [0.05, 0.1) is 29.8 Å². The Morgan fingerprint density at radius 3 is 2.50 bits per heavy atom. The highest BCUT2D eigenvalue weighted by Crippen LogP contribution is 2.40. The molecule has 1 aliphatic heterocycles. The van der Waals surface area contributed by atoms with Crippen molar-refractivity contribution in [1.29, 1.82) is 0 Å². The minimum Gasteiger partial charge on any atom is -0.497 e. The summed E-state index contributed by atoms with van der Waals surface area (Å²) in [6, 6.07) is 12.3. The lowest BCUT2D eigenvalue weighted by Gasteiger charge is -2.31. The number of fused-ring (bicyclic) bond motifs is 1. The maximum absolute atomic E-state index is 14.0. The average Bonchev–Trinajstić information content (AvgIpc) is 2.77. The van der Waals surface area contributed by atoms with Crippen molar-refractivity contribution >= 4 is 15.7 Å². The van der Waals surface area contributed by atoms with E-state index in [0.29, 0.717) is 17.2 Å². The molecule has 0 N–H and O–H groups in total. The van der Waals surface area contributed by atoms with Gasteiger partial charge in [0.2, 0.25) is 0 Å². The fourth-order valence-corrected chi connectivity index (χ4v) is 4.93. The minimum atomic E-state index is -4.68. The van der Waals surface area contributed by atoms with E-state index in [1.807, 2.05) is 0 Å². The van der Waals surface area contributed by atoms with Crippen LogP contribution in [0, 0.1) is 5.82 Å². The van der Waals surface area contributed by atoms with Crippen LogP contribution in [0.4, 0.5) is 23.2 Å². The van der Waals surface area contributed by atoms with Crippen LogP contribution in [0.3, 0.4) is 0 Å². The molecule has 3 aromatic carbocycles. The van der Waals surface area contributed by atoms with Gasteiger partial charge in [-0.05, 0) is 53.6 Å². The van der Waals surface area contributed by atoms with Crippen LogP contribution >= 0.6 is 0 Å². The first-order valence-corrected chi connectivity index (χ1v) is 10.9. The van der Waals surface area contributed by atoms with Crippen LogP contribution in [0.15, 0.2) is 65.6 Å². The van der Waals surface area contributed by atoms with Crippen LogP contribution in [0.25, 0.3) is 11.1 Å². The molecule has 1 aliphatic rings. The summed E-state index contributed by atoms with van der Waals surface area (Å²) in [5.74, 6) is -0.0110. The molecule has 3 aromatic rings. The molecule has 32 heavy (non-hydrogen) atoms. The summed E-state index contributed by atoms with van der Waals surface area (Å²) < 4.78 is 91.4. The number of anilines is 1. The lowest BCUT2D eigenvalue weighted by atomic mass is 10.0. The number of ether oxygens (including phenoxy) is 2. The molecule has 0 bridgehead atoms. The normalized spacial score (nSPS) is 14.0. The van der Waals surface area contributed by atoms with Gasteiger partial charge in [0, 0.05) is 6.07 Å². The molecule has 0 saturated heterocycles. The Bertz CT molecular complexity index is 1280. The van der Waals surface area contributed by atoms with E-state index >= 15 is 0 Å². The van der Waals surface area contributed by atoms with E-state index < -0.39 is 32.5 Å². The Kier molecular flexibility index (Phi) is 5.49. The van der Waals surface area contributed by atoms with Gasteiger partial charge in [0.15, 0.2) is 0 Å². The summed E-state index contributed by atoms with van der Waals surface area (Å²) in [4.78, 5) is -0.488. The van der Waals surface area contributed by atoms with Crippen LogP contribution in [0.2, 0.25) is 0 Å². The molecular formula is C22H17F4NO4S. The van der Waals surface area contributed by atoms with Gasteiger partial charge in [-0.3, -0.25) is 4.31 Å². The van der Waals surface area contributed by atoms with Gasteiger partial charge in [-0.15, -0.1) is 0 Å². The number of benzene rings is 3. The number of nitrogens with zero attached hydrogens (tertiary/aromatic N) is 1. The molecule has 0 saturated carbocycles. The number of rotatable bonds is 4. The topological polar surface area (TPSA) is 55.8 Å². The monoisotopic (exact) mass is 467 g/mol. The fourth-order valence-electron chi connectivity index (χ4n) is 3.43. The van der Waals surface area contributed by atoms with Crippen LogP contribution in [-0.4, -0.2) is 28.7 Å². The zero-order chi connectivity index (χ0) is 23.1. The van der Waals surface area contributed by atoms with Crippen molar-refractivity contribution in [3.8, 4) is 22.6 Å². The third-order valence-corrected chi connectivity index (χ3v) is 6.78. The molecule has 0 spiro atoms. The summed E-state index contributed by atoms with van der Waals surface area (Å²) in [7, 11) is -2.93. The summed E-state index contributed by atoms with van der Waals surface area (Å²) in [6.07, 6.45) is -4.68. The lowest BCUT2D eigenvalue weighted by molar-refractivity contribution is -0.137. The van der Waals surface area contributed by atoms with Gasteiger partial charge in [-0.25, -0.2) is 12.8 Å². The van der Waals surface area contributed by atoms with Gasteiger partial charge < -0.3 is 9.47 Å². The first-order valence-electron chi connectivity index (χ1n) is 9.41. The number of hydrogen-bond acceptors (Lipinski definition) is 4. The van der Waals surface area contributed by atoms with Crippen molar-refractivity contribution in [3.63, 3.8) is 0 Å². The SMILES string of the molecule is COc1cc(F)cc(-c2ccc3c(c2)N(S(=O)(=O)c2cccc(C(F)(F)F)c2)CCO3)c1. The lowest BCUT2D eigenvalue weighted by Crippen LogP contribution is -2.38. The van der Waals surface area contributed by atoms with E-state index in [-0.39, 0.29) is 30.3 Å². The zero-order valence-electron chi connectivity index (χ0n) is 16.7. The second-order valence-electron chi connectivity index (χ2n) is 7.01. The summed E-state index contributed by atoms with van der Waals surface area (Å²) in [6.45, 7) is -0.0696. The Balaban J connectivity index is 1.80. The van der Waals surface area contributed by atoms with Crippen molar-refractivity contribution in [2.45, 2.75) is 11.1 Å². The molecule has 0 aromatic heterocycles. The third kappa shape index (κ3) is 4.10. The quantitative estimate of drug-likeness (QED) is 0.501. The number of alkyl halides is 3. The molecule has 0 amide bonds. The molecular weight excluding hydrogens is 450 g/mol. The van der Waals surface area contributed by atoms with Gasteiger partial charge in [-0.1, -0.05) is 12.1 Å². The van der Waals surface area contributed by atoms with Gasteiger partial charge in [-0.2, -0.15) is 13.2 Å². The standard InChI is InChI=1S/C22H17F4NO4S/c1-30-18-10-15(9-17(23)13-18)14-5-6-21-20(11-14)27(7-8-31-21)32(28,29)19-4-2-3-16(12-19)22(24,25)26/h2-6,9-13H,7-8H2,1H3. The van der Waals surface area contributed by atoms with E-state index in [9.17, 15) is 26.0 Å². The fraction of sp³-hybridized carbons (Fsp3) is 0.182. The number of halogens is 4. The van der Waals surface area contributed by atoms with E-state index in [2.05, 4.69) is 0 Å². The van der Waals surface area contributed by atoms with Crippen LogP contribution in [0.1, 0.15) is 5.56 Å². The molecule has 168 valence electrons. The van der Waals surface area contributed by atoms with Crippen molar-refractivity contribution in [2.24, 2.45) is 0 Å². The Morgan fingerprint density at radius 2 is 1.78 bits per heavy atom. The predicted molar refractivity (Wildman–Crippen MR) is 110 cm³/mol. The molecule has 0 atom stereocenters. The molecule has 5 nitrogen and oxygen atoms in total. The van der Waals surface area contributed by atoms with Crippen molar-refractivity contribution < 1.29 is 35.5 Å². The second kappa shape index (κ2) is 8.01. The minimum absolute atomic E-state index is 0.0261. The number of hydrogen-bond donors (Lipinski definition) is 0. The van der Waals surface area contributed by atoms with Crippen molar-refractivity contribution in [2.75, 3.05) is 24.6 Å².